The van der Waals surface area contributed by atoms with Crippen LogP contribution in [0.5, 0.6) is 0 Å². The quantitative estimate of drug-likeness (QED) is 0.494. The summed E-state index contributed by atoms with van der Waals surface area (Å²) < 4.78 is 6.68. The van der Waals surface area contributed by atoms with Gasteiger partial charge in [0.2, 0.25) is 5.91 Å². The van der Waals surface area contributed by atoms with Gasteiger partial charge in [-0.05, 0) is 13.8 Å². The van der Waals surface area contributed by atoms with Crippen molar-refractivity contribution in [3.63, 3.8) is 0 Å². The van der Waals surface area contributed by atoms with Gasteiger partial charge in [-0.15, -0.1) is 10.2 Å². The highest BCUT2D eigenvalue weighted by atomic mass is 32.2. The van der Waals surface area contributed by atoms with Crippen LogP contribution in [-0.4, -0.2) is 57.3 Å². The number of amides is 1. The molecule has 0 spiro atoms. The third-order valence-electron chi connectivity index (χ3n) is 2.22. The molecule has 1 heterocycles. The number of carbonyl (C=O) groups excluding carboxylic acids is 1. The maximum atomic E-state index is 11.6. The number of nitrogens with one attached hydrogen (secondary N) is 1. The Morgan fingerprint density at radius 2 is 2.30 bits per heavy atom. The minimum Gasteiger partial charge on any atom is -0.480 e. The Morgan fingerprint density at radius 3 is 2.95 bits per heavy atom. The van der Waals surface area contributed by atoms with Crippen LogP contribution in [-0.2, 0) is 14.3 Å². The fourth-order valence-corrected chi connectivity index (χ4v) is 2.17. The zero-order chi connectivity index (χ0) is 15.0. The number of carboxylic acid groups (broad SMARTS) is 1. The van der Waals surface area contributed by atoms with E-state index in [-0.39, 0.29) is 37.5 Å². The van der Waals surface area contributed by atoms with Gasteiger partial charge in [0.25, 0.3) is 0 Å². The van der Waals surface area contributed by atoms with E-state index in [1.54, 1.807) is 6.33 Å². The van der Waals surface area contributed by atoms with Gasteiger partial charge in [-0.25, -0.2) is 4.79 Å². The standard InChI is InChI=1S/C11H18N4O4S/c1-8(2)15-7-13-14-11(15)20-6-9(16)12-3-4-19-5-10(17)18/h7-8H,3-6H2,1-2H3,(H,12,16)(H,17,18). The molecule has 8 nitrogen and oxygen atoms in total. The first kappa shape index (κ1) is 16.4. The topological polar surface area (TPSA) is 106 Å². The molecular formula is C11H18N4O4S. The third-order valence-corrected chi connectivity index (χ3v) is 3.18. The van der Waals surface area contributed by atoms with Crippen LogP contribution >= 0.6 is 11.8 Å². The molecule has 1 amide bonds. The van der Waals surface area contributed by atoms with E-state index in [2.05, 4.69) is 15.5 Å². The van der Waals surface area contributed by atoms with Gasteiger partial charge in [-0.1, -0.05) is 11.8 Å². The maximum Gasteiger partial charge on any atom is 0.329 e. The molecule has 0 saturated carbocycles. The Morgan fingerprint density at radius 1 is 1.55 bits per heavy atom. The molecule has 1 rings (SSSR count). The highest BCUT2D eigenvalue weighted by molar-refractivity contribution is 7.99. The molecule has 20 heavy (non-hydrogen) atoms. The van der Waals surface area contributed by atoms with Crippen molar-refractivity contribution in [2.24, 2.45) is 0 Å². The molecule has 2 N–H and O–H groups in total. The van der Waals surface area contributed by atoms with E-state index in [0.29, 0.717) is 5.16 Å². The molecule has 0 atom stereocenters. The van der Waals surface area contributed by atoms with Crippen molar-refractivity contribution in [1.29, 1.82) is 0 Å². The van der Waals surface area contributed by atoms with E-state index in [1.807, 2.05) is 18.4 Å². The zero-order valence-electron chi connectivity index (χ0n) is 11.4. The van der Waals surface area contributed by atoms with Crippen LogP contribution in [0.3, 0.4) is 0 Å². The predicted octanol–water partition coefficient (Wildman–Crippen LogP) is 0.169. The van der Waals surface area contributed by atoms with E-state index >= 15 is 0 Å². The smallest absolute Gasteiger partial charge is 0.329 e. The highest BCUT2D eigenvalue weighted by Crippen LogP contribution is 2.18. The second kappa shape index (κ2) is 8.54. The molecule has 112 valence electrons. The van der Waals surface area contributed by atoms with Gasteiger partial charge >= 0.3 is 5.97 Å². The van der Waals surface area contributed by atoms with E-state index < -0.39 is 5.97 Å². The predicted molar refractivity (Wildman–Crippen MR) is 72.6 cm³/mol. The zero-order valence-corrected chi connectivity index (χ0v) is 12.2. The van der Waals surface area contributed by atoms with Crippen molar-refractivity contribution in [3.8, 4) is 0 Å². The Balaban J connectivity index is 2.20. The molecule has 1 aromatic rings. The van der Waals surface area contributed by atoms with Gasteiger partial charge < -0.3 is 19.7 Å². The number of aromatic nitrogens is 3. The molecule has 0 bridgehead atoms. The summed E-state index contributed by atoms with van der Waals surface area (Å²) in [7, 11) is 0. The van der Waals surface area contributed by atoms with E-state index in [1.165, 1.54) is 11.8 Å². The Labute approximate surface area is 120 Å². The molecule has 0 unspecified atom stereocenters. The summed E-state index contributed by atoms with van der Waals surface area (Å²) in [6.07, 6.45) is 1.63. The van der Waals surface area contributed by atoms with Crippen molar-refractivity contribution in [1.82, 2.24) is 20.1 Å². The van der Waals surface area contributed by atoms with Gasteiger partial charge in [-0.2, -0.15) is 0 Å². The van der Waals surface area contributed by atoms with Crippen LogP contribution in [0.2, 0.25) is 0 Å². The van der Waals surface area contributed by atoms with Gasteiger partial charge in [-0.3, -0.25) is 4.79 Å². The first-order valence-corrected chi connectivity index (χ1v) is 7.07. The monoisotopic (exact) mass is 302 g/mol. The second-order valence-electron chi connectivity index (χ2n) is 4.20. The SMILES string of the molecule is CC(C)n1cnnc1SCC(=O)NCCOCC(=O)O. The second-order valence-corrected chi connectivity index (χ2v) is 5.14. The first-order valence-electron chi connectivity index (χ1n) is 6.09. The summed E-state index contributed by atoms with van der Waals surface area (Å²) in [5.41, 5.74) is 0. The largest absolute Gasteiger partial charge is 0.480 e. The number of thioether (sulfide) groups is 1. The summed E-state index contributed by atoms with van der Waals surface area (Å²) in [5.74, 6) is -0.961. The molecule has 0 fully saturated rings. The number of ether oxygens (including phenoxy) is 1. The lowest BCUT2D eigenvalue weighted by molar-refractivity contribution is -0.142. The first-order chi connectivity index (χ1) is 9.50. The highest BCUT2D eigenvalue weighted by Gasteiger charge is 2.10. The van der Waals surface area contributed by atoms with Gasteiger partial charge in [0.1, 0.15) is 12.9 Å². The van der Waals surface area contributed by atoms with E-state index in [4.69, 9.17) is 9.84 Å². The average molecular weight is 302 g/mol. The molecule has 9 heteroatoms. The molecule has 0 aliphatic heterocycles. The lowest BCUT2D eigenvalue weighted by Crippen LogP contribution is -2.29. The number of hydrogen-bond donors (Lipinski definition) is 2. The molecule has 1 aromatic heterocycles. The molecule has 0 aliphatic carbocycles. The number of carboxylic acids is 1. The summed E-state index contributed by atoms with van der Waals surface area (Å²) in [6, 6.07) is 0.236. The number of nitrogens with zero attached hydrogens (tertiary/aromatic N) is 3. The minimum absolute atomic E-state index is 0.160. The lowest BCUT2D eigenvalue weighted by Gasteiger charge is -2.09. The Bertz CT molecular complexity index is 449. The van der Waals surface area contributed by atoms with Crippen LogP contribution < -0.4 is 5.32 Å². The van der Waals surface area contributed by atoms with Crippen molar-refractivity contribution in [2.45, 2.75) is 25.0 Å². The van der Waals surface area contributed by atoms with Crippen LogP contribution in [0.25, 0.3) is 0 Å². The summed E-state index contributed by atoms with van der Waals surface area (Å²) in [6.45, 7) is 4.11. The third kappa shape index (κ3) is 6.02. The van der Waals surface area contributed by atoms with Gasteiger partial charge in [0, 0.05) is 12.6 Å². The molecule has 0 aliphatic rings. The van der Waals surface area contributed by atoms with E-state index in [0.717, 1.165) is 0 Å². The summed E-state index contributed by atoms with van der Waals surface area (Å²) in [4.78, 5) is 21.7. The normalized spacial score (nSPS) is 10.8. The van der Waals surface area contributed by atoms with Crippen LogP contribution in [0.15, 0.2) is 11.5 Å². The van der Waals surface area contributed by atoms with Crippen LogP contribution in [0.4, 0.5) is 0 Å². The Kier molecular flexibility index (Phi) is 7.02. The summed E-state index contributed by atoms with van der Waals surface area (Å²) in [5, 5.41) is 19.4. The van der Waals surface area contributed by atoms with Crippen molar-refractivity contribution in [3.05, 3.63) is 6.33 Å². The fourth-order valence-electron chi connectivity index (χ4n) is 1.29. The molecule has 0 radical (unpaired) electrons. The van der Waals surface area contributed by atoms with Crippen molar-refractivity contribution in [2.75, 3.05) is 25.5 Å². The molecule has 0 saturated heterocycles. The molecule has 0 aromatic carbocycles. The molecular weight excluding hydrogens is 284 g/mol. The van der Waals surface area contributed by atoms with Crippen LogP contribution in [0, 0.1) is 0 Å². The number of rotatable bonds is 9. The van der Waals surface area contributed by atoms with Gasteiger partial charge in [0.05, 0.1) is 12.4 Å². The van der Waals surface area contributed by atoms with Crippen molar-refractivity contribution >= 4 is 23.6 Å². The number of carbonyl (C=O) groups is 2. The Hall–Kier alpha value is -1.61. The van der Waals surface area contributed by atoms with Crippen LogP contribution in [0.1, 0.15) is 19.9 Å². The maximum absolute atomic E-state index is 11.6. The number of aliphatic carboxylic acids is 1. The fraction of sp³-hybridized carbons (Fsp3) is 0.636. The lowest BCUT2D eigenvalue weighted by atomic mass is 10.4. The van der Waals surface area contributed by atoms with E-state index in [9.17, 15) is 9.59 Å². The van der Waals surface area contributed by atoms with Gasteiger partial charge in [0.15, 0.2) is 5.16 Å². The minimum atomic E-state index is -1.03. The van der Waals surface area contributed by atoms with Crippen molar-refractivity contribution < 1.29 is 19.4 Å². The average Bonchev–Trinajstić information content (AvgIpc) is 2.84. The number of hydrogen-bond acceptors (Lipinski definition) is 6. The summed E-state index contributed by atoms with van der Waals surface area (Å²) >= 11 is 1.30.